The summed E-state index contributed by atoms with van der Waals surface area (Å²) in [6.07, 6.45) is 1.05. The molecule has 0 aromatic heterocycles. The molecule has 0 bridgehead atoms. The van der Waals surface area contributed by atoms with Crippen LogP contribution in [0, 0.1) is 0 Å². The van der Waals surface area contributed by atoms with Crippen molar-refractivity contribution in [3.8, 4) is 0 Å². The fourth-order valence-corrected chi connectivity index (χ4v) is 1.71. The Labute approximate surface area is 79.0 Å². The highest BCUT2D eigenvalue weighted by molar-refractivity contribution is 4.91. The first kappa shape index (κ1) is 9.40. The van der Waals surface area contributed by atoms with Crippen LogP contribution in [0.1, 0.15) is 6.42 Å². The van der Waals surface area contributed by atoms with E-state index in [2.05, 4.69) is 4.90 Å². The van der Waals surface area contributed by atoms with Crippen LogP contribution in [-0.4, -0.2) is 56.5 Å². The van der Waals surface area contributed by atoms with Crippen molar-refractivity contribution in [2.75, 3.05) is 46.1 Å². The molecule has 0 unspecified atom stereocenters. The second kappa shape index (κ2) is 3.92. The smallest absolute Gasteiger partial charge is 0.0670 e. The third kappa shape index (κ3) is 2.40. The molecule has 2 saturated heterocycles. The van der Waals surface area contributed by atoms with Crippen LogP contribution in [0.2, 0.25) is 0 Å². The zero-order valence-corrected chi connectivity index (χ0v) is 8.00. The summed E-state index contributed by atoms with van der Waals surface area (Å²) >= 11 is 0. The number of nitrogens with two attached hydrogens (primary N) is 1. The first-order valence-corrected chi connectivity index (χ1v) is 4.95. The maximum atomic E-state index is 6.04. The Morgan fingerprint density at radius 2 is 1.85 bits per heavy atom. The molecule has 0 aromatic carbocycles. The van der Waals surface area contributed by atoms with Crippen molar-refractivity contribution >= 4 is 0 Å². The third-order valence-corrected chi connectivity index (χ3v) is 2.81. The predicted molar refractivity (Wildman–Crippen MR) is 49.6 cm³/mol. The molecule has 76 valence electrons. The molecule has 0 saturated carbocycles. The summed E-state index contributed by atoms with van der Waals surface area (Å²) in [5.74, 6) is 0. The Balaban J connectivity index is 1.66. The maximum Gasteiger partial charge on any atom is 0.0670 e. The molecule has 4 nitrogen and oxygen atoms in total. The van der Waals surface area contributed by atoms with E-state index in [-0.39, 0.29) is 5.54 Å². The molecule has 0 aromatic rings. The molecule has 0 aliphatic carbocycles. The van der Waals surface area contributed by atoms with Gasteiger partial charge in [-0.05, 0) is 6.42 Å². The number of morpholine rings is 1. The Morgan fingerprint density at radius 1 is 1.15 bits per heavy atom. The van der Waals surface area contributed by atoms with Crippen molar-refractivity contribution in [2.24, 2.45) is 5.73 Å². The highest BCUT2D eigenvalue weighted by Crippen LogP contribution is 2.18. The summed E-state index contributed by atoms with van der Waals surface area (Å²) in [5.41, 5.74) is 6.01. The normalized spacial score (nSPS) is 28.4. The highest BCUT2D eigenvalue weighted by atomic mass is 16.5. The first-order valence-electron chi connectivity index (χ1n) is 4.95. The molecule has 0 amide bonds. The molecule has 2 N–H and O–H groups in total. The SMILES string of the molecule is NC1(CCN2CCOCC2)COC1. The van der Waals surface area contributed by atoms with E-state index in [0.717, 1.165) is 52.5 Å². The van der Waals surface area contributed by atoms with Crippen LogP contribution in [0.3, 0.4) is 0 Å². The first-order chi connectivity index (χ1) is 6.29. The lowest BCUT2D eigenvalue weighted by atomic mass is 9.94. The summed E-state index contributed by atoms with van der Waals surface area (Å²) in [6, 6.07) is 0. The van der Waals surface area contributed by atoms with Gasteiger partial charge in [0.1, 0.15) is 0 Å². The van der Waals surface area contributed by atoms with Gasteiger partial charge in [0.2, 0.25) is 0 Å². The van der Waals surface area contributed by atoms with Crippen LogP contribution >= 0.6 is 0 Å². The summed E-state index contributed by atoms with van der Waals surface area (Å²) in [7, 11) is 0. The molecule has 4 heteroatoms. The fourth-order valence-electron chi connectivity index (χ4n) is 1.71. The van der Waals surface area contributed by atoms with Gasteiger partial charge in [0, 0.05) is 19.6 Å². The number of hydrogen-bond donors (Lipinski definition) is 1. The number of ether oxygens (including phenoxy) is 2. The van der Waals surface area contributed by atoms with Gasteiger partial charge in [-0.2, -0.15) is 0 Å². The molecule has 2 heterocycles. The fraction of sp³-hybridized carbons (Fsp3) is 1.00. The van der Waals surface area contributed by atoms with Gasteiger partial charge in [-0.1, -0.05) is 0 Å². The van der Waals surface area contributed by atoms with E-state index in [9.17, 15) is 0 Å². The minimum Gasteiger partial charge on any atom is -0.379 e. The molecular formula is C9H18N2O2. The number of nitrogens with zero attached hydrogens (tertiary/aromatic N) is 1. The van der Waals surface area contributed by atoms with Crippen molar-refractivity contribution in [3.05, 3.63) is 0 Å². The molecule has 2 fully saturated rings. The standard InChI is InChI=1S/C9H18N2O2/c10-9(7-13-8-9)1-2-11-3-5-12-6-4-11/h1-8,10H2. The summed E-state index contributed by atoms with van der Waals surface area (Å²) in [5, 5.41) is 0. The second-order valence-electron chi connectivity index (χ2n) is 4.06. The molecular weight excluding hydrogens is 168 g/mol. The van der Waals surface area contributed by atoms with E-state index >= 15 is 0 Å². The molecule has 2 rings (SSSR count). The third-order valence-electron chi connectivity index (χ3n) is 2.81. The van der Waals surface area contributed by atoms with E-state index in [0.29, 0.717) is 0 Å². The Morgan fingerprint density at radius 3 is 2.38 bits per heavy atom. The number of rotatable bonds is 3. The molecule has 2 aliphatic rings. The highest BCUT2D eigenvalue weighted by Gasteiger charge is 2.34. The summed E-state index contributed by atoms with van der Waals surface area (Å²) in [4.78, 5) is 2.41. The van der Waals surface area contributed by atoms with Gasteiger partial charge < -0.3 is 15.2 Å². The van der Waals surface area contributed by atoms with Crippen molar-refractivity contribution in [1.29, 1.82) is 0 Å². The van der Waals surface area contributed by atoms with Crippen molar-refractivity contribution in [2.45, 2.75) is 12.0 Å². The zero-order valence-electron chi connectivity index (χ0n) is 8.00. The summed E-state index contributed by atoms with van der Waals surface area (Å²) in [6.45, 7) is 6.40. The van der Waals surface area contributed by atoms with Gasteiger partial charge in [0.15, 0.2) is 0 Å². The molecule has 0 spiro atoms. The van der Waals surface area contributed by atoms with E-state index in [1.807, 2.05) is 0 Å². The average Bonchev–Trinajstić information content (AvgIpc) is 2.13. The molecule has 2 aliphatic heterocycles. The molecule has 0 radical (unpaired) electrons. The molecule has 0 atom stereocenters. The van der Waals surface area contributed by atoms with Crippen molar-refractivity contribution < 1.29 is 9.47 Å². The van der Waals surface area contributed by atoms with E-state index in [4.69, 9.17) is 15.2 Å². The van der Waals surface area contributed by atoms with E-state index < -0.39 is 0 Å². The topological polar surface area (TPSA) is 47.7 Å². The largest absolute Gasteiger partial charge is 0.379 e. The Hall–Kier alpha value is -0.160. The average molecular weight is 186 g/mol. The van der Waals surface area contributed by atoms with E-state index in [1.165, 1.54) is 0 Å². The van der Waals surface area contributed by atoms with Gasteiger partial charge in [-0.15, -0.1) is 0 Å². The molecule has 13 heavy (non-hydrogen) atoms. The second-order valence-corrected chi connectivity index (χ2v) is 4.06. The van der Waals surface area contributed by atoms with Crippen LogP contribution in [-0.2, 0) is 9.47 Å². The van der Waals surface area contributed by atoms with Gasteiger partial charge in [-0.25, -0.2) is 0 Å². The van der Waals surface area contributed by atoms with Crippen molar-refractivity contribution in [3.63, 3.8) is 0 Å². The number of hydrogen-bond acceptors (Lipinski definition) is 4. The Kier molecular flexibility index (Phi) is 2.83. The van der Waals surface area contributed by atoms with Gasteiger partial charge in [0.25, 0.3) is 0 Å². The summed E-state index contributed by atoms with van der Waals surface area (Å²) < 4.78 is 10.4. The van der Waals surface area contributed by atoms with E-state index in [1.54, 1.807) is 0 Å². The Bertz CT molecular complexity index is 165. The monoisotopic (exact) mass is 186 g/mol. The lowest BCUT2D eigenvalue weighted by Gasteiger charge is -2.39. The zero-order chi connectivity index (χ0) is 9.15. The van der Waals surface area contributed by atoms with Crippen LogP contribution in [0.5, 0.6) is 0 Å². The van der Waals surface area contributed by atoms with Gasteiger partial charge >= 0.3 is 0 Å². The van der Waals surface area contributed by atoms with Gasteiger partial charge in [-0.3, -0.25) is 4.90 Å². The van der Waals surface area contributed by atoms with Crippen LogP contribution < -0.4 is 5.73 Å². The lowest BCUT2D eigenvalue weighted by molar-refractivity contribution is -0.0637. The minimum atomic E-state index is -0.0295. The maximum absolute atomic E-state index is 6.04. The van der Waals surface area contributed by atoms with Crippen molar-refractivity contribution in [1.82, 2.24) is 4.90 Å². The predicted octanol–water partition coefficient (Wildman–Crippen LogP) is -0.564. The lowest BCUT2D eigenvalue weighted by Crippen LogP contribution is -2.59. The minimum absolute atomic E-state index is 0.0295. The van der Waals surface area contributed by atoms with Crippen LogP contribution in [0.4, 0.5) is 0 Å². The quantitative estimate of drug-likeness (QED) is 0.641. The van der Waals surface area contributed by atoms with Crippen LogP contribution in [0.15, 0.2) is 0 Å². The van der Waals surface area contributed by atoms with Gasteiger partial charge in [0.05, 0.1) is 32.0 Å². The van der Waals surface area contributed by atoms with Crippen LogP contribution in [0.25, 0.3) is 0 Å².